The molecule has 5 nitrogen and oxygen atoms in total. The second kappa shape index (κ2) is 6.15. The minimum atomic E-state index is -0.418. The second-order valence-corrected chi connectivity index (χ2v) is 8.10. The molecular formula is C20H28N2O3. The summed E-state index contributed by atoms with van der Waals surface area (Å²) in [5, 5.41) is 9.75. The summed E-state index contributed by atoms with van der Waals surface area (Å²) in [4.78, 5) is 4.87. The highest BCUT2D eigenvalue weighted by Crippen LogP contribution is 2.40. The highest BCUT2D eigenvalue weighted by atomic mass is 16.7. The summed E-state index contributed by atoms with van der Waals surface area (Å²) in [5.41, 5.74) is 2.30. The lowest BCUT2D eigenvalue weighted by atomic mass is 9.89. The number of rotatable bonds is 2. The highest BCUT2D eigenvalue weighted by Gasteiger charge is 2.42. The molecular weight excluding hydrogens is 316 g/mol. The molecule has 1 N–H and O–H groups in total. The van der Waals surface area contributed by atoms with Gasteiger partial charge in [0, 0.05) is 56.3 Å². The van der Waals surface area contributed by atoms with Crippen LogP contribution in [0, 0.1) is 0 Å². The van der Waals surface area contributed by atoms with E-state index < -0.39 is 5.79 Å². The summed E-state index contributed by atoms with van der Waals surface area (Å²) in [6.07, 6.45) is 6.70. The van der Waals surface area contributed by atoms with Gasteiger partial charge in [-0.2, -0.15) is 0 Å². The standard InChI is InChI=1S/C20H28N2O3/c23-18-6-9-22(13-18)17-4-5-19-15(12-17)14-24-20(25-19)7-10-21(11-8-20)16-2-1-3-16/h4-5,12,16,18,23H,1-3,6-11,13-14H2/t18-/m0/s1. The number of piperidine rings is 1. The molecule has 3 heterocycles. The number of benzene rings is 1. The fraction of sp³-hybridized carbons (Fsp3) is 0.700. The lowest BCUT2D eigenvalue weighted by Crippen LogP contribution is -2.54. The van der Waals surface area contributed by atoms with Crippen LogP contribution in [0.5, 0.6) is 5.75 Å². The summed E-state index contributed by atoms with van der Waals surface area (Å²) < 4.78 is 12.6. The Morgan fingerprint density at radius 1 is 1.08 bits per heavy atom. The molecule has 2 saturated heterocycles. The molecule has 3 aliphatic heterocycles. The van der Waals surface area contributed by atoms with Crippen molar-refractivity contribution in [3.8, 4) is 5.75 Å². The number of β-amino-alcohol motifs (C(OH)–C–C–N with tert-alkyl or cyclic N) is 1. The molecule has 0 bridgehead atoms. The van der Waals surface area contributed by atoms with Crippen LogP contribution in [0.25, 0.3) is 0 Å². The first-order chi connectivity index (χ1) is 12.2. The van der Waals surface area contributed by atoms with Crippen molar-refractivity contribution in [3.05, 3.63) is 23.8 Å². The summed E-state index contributed by atoms with van der Waals surface area (Å²) in [6.45, 7) is 4.44. The van der Waals surface area contributed by atoms with E-state index in [4.69, 9.17) is 9.47 Å². The van der Waals surface area contributed by atoms with E-state index in [2.05, 4.69) is 28.0 Å². The van der Waals surface area contributed by atoms with Gasteiger partial charge in [-0.15, -0.1) is 0 Å². The lowest BCUT2D eigenvalue weighted by Gasteiger charge is -2.47. The topological polar surface area (TPSA) is 45.2 Å². The Kier molecular flexibility index (Phi) is 3.91. The van der Waals surface area contributed by atoms with Crippen molar-refractivity contribution < 1.29 is 14.6 Å². The van der Waals surface area contributed by atoms with Crippen LogP contribution in [0.2, 0.25) is 0 Å². The van der Waals surface area contributed by atoms with Crippen molar-refractivity contribution in [1.29, 1.82) is 0 Å². The molecule has 0 aromatic heterocycles. The Labute approximate surface area is 149 Å². The molecule has 0 unspecified atom stereocenters. The van der Waals surface area contributed by atoms with Crippen LogP contribution in [0.1, 0.15) is 44.1 Å². The molecule has 0 radical (unpaired) electrons. The Morgan fingerprint density at radius 3 is 2.60 bits per heavy atom. The van der Waals surface area contributed by atoms with Crippen molar-refractivity contribution in [3.63, 3.8) is 0 Å². The zero-order valence-corrected chi connectivity index (χ0v) is 14.8. The van der Waals surface area contributed by atoms with E-state index in [0.29, 0.717) is 6.61 Å². The van der Waals surface area contributed by atoms with Crippen LogP contribution in [-0.2, 0) is 11.3 Å². The molecule has 25 heavy (non-hydrogen) atoms. The average molecular weight is 344 g/mol. The fourth-order valence-corrected chi connectivity index (χ4v) is 4.62. The quantitative estimate of drug-likeness (QED) is 0.893. The van der Waals surface area contributed by atoms with E-state index in [1.165, 1.54) is 24.9 Å². The Balaban J connectivity index is 1.27. The van der Waals surface area contributed by atoms with E-state index in [1.807, 2.05) is 0 Å². The molecule has 5 heteroatoms. The third-order valence-corrected chi connectivity index (χ3v) is 6.51. The largest absolute Gasteiger partial charge is 0.462 e. The van der Waals surface area contributed by atoms with Crippen molar-refractivity contribution in [2.75, 3.05) is 31.1 Å². The summed E-state index contributed by atoms with van der Waals surface area (Å²) in [6, 6.07) is 7.20. The van der Waals surface area contributed by atoms with Crippen LogP contribution in [0.3, 0.4) is 0 Å². The van der Waals surface area contributed by atoms with Gasteiger partial charge < -0.3 is 19.5 Å². The Bertz CT molecular complexity index is 638. The van der Waals surface area contributed by atoms with Gasteiger partial charge in [0.15, 0.2) is 0 Å². The lowest BCUT2D eigenvalue weighted by molar-refractivity contribution is -0.231. The number of hydrogen-bond donors (Lipinski definition) is 1. The molecule has 1 atom stereocenters. The maximum atomic E-state index is 9.75. The van der Waals surface area contributed by atoms with Crippen molar-refractivity contribution >= 4 is 5.69 Å². The number of hydrogen-bond acceptors (Lipinski definition) is 5. The van der Waals surface area contributed by atoms with Crippen LogP contribution in [0.4, 0.5) is 5.69 Å². The van der Waals surface area contributed by atoms with Crippen molar-refractivity contribution in [2.45, 2.75) is 63.1 Å². The van der Waals surface area contributed by atoms with Gasteiger partial charge in [0.1, 0.15) is 5.75 Å². The maximum absolute atomic E-state index is 9.75. The van der Waals surface area contributed by atoms with Gasteiger partial charge in [0.05, 0.1) is 12.7 Å². The van der Waals surface area contributed by atoms with Crippen LogP contribution in [-0.4, -0.2) is 54.1 Å². The predicted molar refractivity (Wildman–Crippen MR) is 95.9 cm³/mol. The van der Waals surface area contributed by atoms with E-state index in [-0.39, 0.29) is 6.10 Å². The number of likely N-dealkylation sites (tertiary alicyclic amines) is 1. The molecule has 3 fully saturated rings. The van der Waals surface area contributed by atoms with Gasteiger partial charge >= 0.3 is 0 Å². The first kappa shape index (κ1) is 15.9. The van der Waals surface area contributed by atoms with Gasteiger partial charge in [-0.1, -0.05) is 6.42 Å². The van der Waals surface area contributed by atoms with Gasteiger partial charge in [0.2, 0.25) is 5.79 Å². The first-order valence-corrected chi connectivity index (χ1v) is 9.84. The molecule has 1 aromatic carbocycles. The van der Waals surface area contributed by atoms with Crippen LogP contribution in [0.15, 0.2) is 18.2 Å². The molecule has 1 saturated carbocycles. The summed E-state index contributed by atoms with van der Waals surface area (Å²) in [7, 11) is 0. The van der Waals surface area contributed by atoms with Crippen molar-refractivity contribution in [2.24, 2.45) is 0 Å². The molecule has 0 amide bonds. The van der Waals surface area contributed by atoms with Gasteiger partial charge in [-0.3, -0.25) is 4.90 Å². The number of aliphatic hydroxyl groups is 1. The second-order valence-electron chi connectivity index (χ2n) is 8.10. The number of aliphatic hydroxyl groups excluding tert-OH is 1. The fourth-order valence-electron chi connectivity index (χ4n) is 4.62. The van der Waals surface area contributed by atoms with Gasteiger partial charge in [0.25, 0.3) is 0 Å². The van der Waals surface area contributed by atoms with E-state index >= 15 is 0 Å². The SMILES string of the molecule is O[C@H]1CCN(c2ccc3c(c2)COC2(CCN(C4CCC4)CC2)O3)C1. The first-order valence-electron chi connectivity index (χ1n) is 9.84. The number of anilines is 1. The molecule has 5 rings (SSSR count). The van der Waals surface area contributed by atoms with Crippen LogP contribution < -0.4 is 9.64 Å². The van der Waals surface area contributed by atoms with Crippen molar-refractivity contribution in [1.82, 2.24) is 4.90 Å². The Morgan fingerprint density at radius 2 is 1.92 bits per heavy atom. The third kappa shape index (κ3) is 2.92. The molecule has 1 spiro atoms. The monoisotopic (exact) mass is 344 g/mol. The highest BCUT2D eigenvalue weighted by molar-refractivity contribution is 5.54. The molecule has 4 aliphatic rings. The van der Waals surface area contributed by atoms with Gasteiger partial charge in [-0.25, -0.2) is 0 Å². The zero-order valence-electron chi connectivity index (χ0n) is 14.8. The van der Waals surface area contributed by atoms with E-state index in [1.54, 1.807) is 0 Å². The normalized spacial score (nSPS) is 29.3. The maximum Gasteiger partial charge on any atom is 0.213 e. The number of fused-ring (bicyclic) bond motifs is 1. The minimum Gasteiger partial charge on any atom is -0.462 e. The smallest absolute Gasteiger partial charge is 0.213 e. The molecule has 1 aromatic rings. The summed E-state index contributed by atoms with van der Waals surface area (Å²) >= 11 is 0. The summed E-state index contributed by atoms with van der Waals surface area (Å²) in [5.74, 6) is 0.561. The van der Waals surface area contributed by atoms with Gasteiger partial charge in [-0.05, 0) is 37.5 Å². The third-order valence-electron chi connectivity index (χ3n) is 6.51. The zero-order chi connectivity index (χ0) is 16.9. The average Bonchev–Trinajstić information content (AvgIpc) is 3.02. The van der Waals surface area contributed by atoms with E-state index in [9.17, 15) is 5.11 Å². The molecule has 1 aliphatic carbocycles. The van der Waals surface area contributed by atoms with E-state index in [0.717, 1.165) is 62.8 Å². The minimum absolute atomic E-state index is 0.201. The van der Waals surface area contributed by atoms with Crippen LogP contribution >= 0.6 is 0 Å². The predicted octanol–water partition coefficient (Wildman–Crippen LogP) is 2.51. The number of ether oxygens (including phenoxy) is 2. The number of nitrogens with zero attached hydrogens (tertiary/aromatic N) is 2. The Hall–Kier alpha value is -1.30. The molecule has 136 valence electrons.